The summed E-state index contributed by atoms with van der Waals surface area (Å²) in [6.07, 6.45) is 1.16. The van der Waals surface area contributed by atoms with Crippen molar-refractivity contribution in [2.45, 2.75) is 12.8 Å². The predicted octanol–water partition coefficient (Wildman–Crippen LogP) is 2.79. The van der Waals surface area contributed by atoms with Gasteiger partial charge < -0.3 is 19.7 Å². The van der Waals surface area contributed by atoms with Crippen LogP contribution in [0, 0.1) is 5.82 Å². The summed E-state index contributed by atoms with van der Waals surface area (Å²) in [6, 6.07) is 4.17. The largest absolute Gasteiger partial charge is 0.385 e. The van der Waals surface area contributed by atoms with E-state index in [1.807, 2.05) is 0 Å². The molecule has 0 bridgehead atoms. The van der Waals surface area contributed by atoms with Crippen LogP contribution in [0.1, 0.15) is 12.8 Å². The van der Waals surface area contributed by atoms with Crippen LogP contribution in [0.15, 0.2) is 18.2 Å². The van der Waals surface area contributed by atoms with Gasteiger partial charge in [-0.25, -0.2) is 4.39 Å². The zero-order chi connectivity index (χ0) is 17.1. The first kappa shape index (κ1) is 19.8. The molecule has 0 spiro atoms. The number of nitrogens with one attached hydrogen (secondary N) is 1. The molecule has 130 valence electrons. The molecule has 1 aromatic carbocycles. The summed E-state index contributed by atoms with van der Waals surface area (Å²) in [4.78, 5) is 14.1. The number of anilines is 1. The Morgan fingerprint density at radius 1 is 1.22 bits per heavy atom. The van der Waals surface area contributed by atoms with Crippen LogP contribution in [-0.2, 0) is 14.3 Å². The number of amides is 1. The zero-order valence-corrected chi connectivity index (χ0v) is 14.4. The Labute approximate surface area is 141 Å². The fraction of sp³-hybridized carbons (Fsp3) is 0.562. The number of carbonyl (C=O) groups excluding carboxylic acids is 1. The second-order valence-electron chi connectivity index (χ2n) is 5.10. The highest BCUT2D eigenvalue weighted by molar-refractivity contribution is 6.30. The Kier molecular flexibility index (Phi) is 9.78. The van der Waals surface area contributed by atoms with Crippen molar-refractivity contribution in [1.82, 2.24) is 4.90 Å². The molecule has 0 aliphatic heterocycles. The van der Waals surface area contributed by atoms with E-state index in [9.17, 15) is 9.18 Å². The Hall–Kier alpha value is -1.21. The van der Waals surface area contributed by atoms with Crippen molar-refractivity contribution in [3.8, 4) is 0 Å². The summed E-state index contributed by atoms with van der Waals surface area (Å²) in [7, 11) is 3.30. The van der Waals surface area contributed by atoms with Crippen molar-refractivity contribution < 1.29 is 18.7 Å². The van der Waals surface area contributed by atoms with E-state index in [2.05, 4.69) is 10.2 Å². The maximum absolute atomic E-state index is 13.6. The number of rotatable bonds is 11. The topological polar surface area (TPSA) is 50.8 Å². The van der Waals surface area contributed by atoms with Crippen molar-refractivity contribution in [3.63, 3.8) is 0 Å². The second kappa shape index (κ2) is 11.3. The lowest BCUT2D eigenvalue weighted by molar-refractivity contribution is -0.116. The molecule has 0 aliphatic carbocycles. The molecular weight excluding hydrogens is 323 g/mol. The molecule has 0 saturated carbocycles. The number of methoxy groups -OCH3 is 2. The number of halogens is 2. The van der Waals surface area contributed by atoms with Gasteiger partial charge in [0.25, 0.3) is 0 Å². The van der Waals surface area contributed by atoms with Crippen LogP contribution in [0.4, 0.5) is 10.1 Å². The van der Waals surface area contributed by atoms with E-state index in [1.54, 1.807) is 14.2 Å². The molecule has 0 fully saturated rings. The molecule has 1 aromatic rings. The van der Waals surface area contributed by atoms with Crippen LogP contribution >= 0.6 is 11.6 Å². The molecule has 1 rings (SSSR count). The summed E-state index contributed by atoms with van der Waals surface area (Å²) in [5, 5.41) is 2.86. The molecule has 0 radical (unpaired) electrons. The summed E-state index contributed by atoms with van der Waals surface area (Å²) >= 11 is 5.68. The smallest absolute Gasteiger partial charge is 0.225 e. The van der Waals surface area contributed by atoms with Crippen molar-refractivity contribution in [2.24, 2.45) is 0 Å². The third kappa shape index (κ3) is 8.27. The molecule has 7 heteroatoms. The highest BCUT2D eigenvalue weighted by atomic mass is 35.5. The van der Waals surface area contributed by atoms with Crippen LogP contribution in [0.3, 0.4) is 0 Å². The molecule has 0 heterocycles. The highest BCUT2D eigenvalue weighted by Crippen LogP contribution is 2.18. The van der Waals surface area contributed by atoms with Gasteiger partial charge >= 0.3 is 0 Å². The van der Waals surface area contributed by atoms with E-state index in [0.29, 0.717) is 24.8 Å². The van der Waals surface area contributed by atoms with Crippen LogP contribution in [0.2, 0.25) is 5.02 Å². The van der Waals surface area contributed by atoms with Crippen molar-refractivity contribution in [2.75, 3.05) is 52.4 Å². The van der Waals surface area contributed by atoms with Gasteiger partial charge in [0.1, 0.15) is 5.82 Å². The van der Waals surface area contributed by atoms with Gasteiger partial charge in [0.15, 0.2) is 0 Å². The minimum absolute atomic E-state index is 0.141. The number of carbonyl (C=O) groups is 1. The summed E-state index contributed by atoms with van der Waals surface area (Å²) in [5.74, 6) is -0.775. The van der Waals surface area contributed by atoms with E-state index in [4.69, 9.17) is 21.1 Å². The SMILES string of the molecule is COCCCN(CCOC)CCC(=O)Nc1ccc(Cl)cc1F. The van der Waals surface area contributed by atoms with Crippen LogP contribution in [0.25, 0.3) is 0 Å². The molecule has 1 N–H and O–H groups in total. The average Bonchev–Trinajstić information content (AvgIpc) is 2.52. The molecule has 0 saturated heterocycles. The summed E-state index contributed by atoms with van der Waals surface area (Å²) in [5.41, 5.74) is 0.141. The molecule has 0 aromatic heterocycles. The van der Waals surface area contributed by atoms with Crippen LogP contribution in [-0.4, -0.2) is 57.9 Å². The van der Waals surface area contributed by atoms with Crippen LogP contribution < -0.4 is 5.32 Å². The maximum atomic E-state index is 13.6. The summed E-state index contributed by atoms with van der Waals surface area (Å²) in [6.45, 7) is 3.41. The average molecular weight is 347 g/mol. The van der Waals surface area contributed by atoms with Gasteiger partial charge in [-0.15, -0.1) is 0 Å². The van der Waals surface area contributed by atoms with Gasteiger partial charge in [-0.2, -0.15) is 0 Å². The second-order valence-corrected chi connectivity index (χ2v) is 5.54. The number of nitrogens with zero attached hydrogens (tertiary/aromatic N) is 1. The van der Waals surface area contributed by atoms with Crippen molar-refractivity contribution in [3.05, 3.63) is 29.0 Å². The van der Waals surface area contributed by atoms with Gasteiger partial charge in [-0.05, 0) is 24.6 Å². The Bertz CT molecular complexity index is 488. The minimum atomic E-state index is -0.540. The van der Waals surface area contributed by atoms with Crippen molar-refractivity contribution >= 4 is 23.2 Å². The molecule has 1 amide bonds. The van der Waals surface area contributed by atoms with Crippen molar-refractivity contribution in [1.29, 1.82) is 0 Å². The van der Waals surface area contributed by atoms with E-state index < -0.39 is 5.82 Å². The monoisotopic (exact) mass is 346 g/mol. The minimum Gasteiger partial charge on any atom is -0.385 e. The number of hydrogen-bond donors (Lipinski definition) is 1. The van der Waals surface area contributed by atoms with E-state index >= 15 is 0 Å². The normalized spacial score (nSPS) is 11.0. The van der Waals surface area contributed by atoms with Gasteiger partial charge in [-0.3, -0.25) is 4.79 Å². The van der Waals surface area contributed by atoms with Gasteiger partial charge in [0, 0.05) is 51.9 Å². The van der Waals surface area contributed by atoms with Crippen LogP contribution in [0.5, 0.6) is 0 Å². The molecule has 5 nitrogen and oxygen atoms in total. The van der Waals surface area contributed by atoms with Gasteiger partial charge in [0.2, 0.25) is 5.91 Å². The first-order valence-corrected chi connectivity index (χ1v) is 7.89. The van der Waals surface area contributed by atoms with Gasteiger partial charge in [-0.1, -0.05) is 11.6 Å². The maximum Gasteiger partial charge on any atom is 0.225 e. The molecular formula is C16H24ClFN2O3. The lowest BCUT2D eigenvalue weighted by atomic mass is 10.2. The zero-order valence-electron chi connectivity index (χ0n) is 13.6. The molecule has 0 atom stereocenters. The fourth-order valence-electron chi connectivity index (χ4n) is 2.05. The summed E-state index contributed by atoms with van der Waals surface area (Å²) < 4.78 is 23.7. The molecule has 0 unspecified atom stereocenters. The number of ether oxygens (including phenoxy) is 2. The predicted molar refractivity (Wildman–Crippen MR) is 89.5 cm³/mol. The van der Waals surface area contributed by atoms with E-state index in [0.717, 1.165) is 19.5 Å². The fourth-order valence-corrected chi connectivity index (χ4v) is 2.21. The third-order valence-electron chi connectivity index (χ3n) is 3.29. The van der Waals surface area contributed by atoms with E-state index in [-0.39, 0.29) is 18.0 Å². The standard InChI is InChI=1S/C16H24ClFN2O3/c1-22-10-3-7-20(9-11-23-2)8-6-16(21)19-15-5-4-13(17)12-14(15)18/h4-5,12H,3,6-11H2,1-2H3,(H,19,21). The third-order valence-corrected chi connectivity index (χ3v) is 3.53. The van der Waals surface area contributed by atoms with Gasteiger partial charge in [0.05, 0.1) is 12.3 Å². The highest BCUT2D eigenvalue weighted by Gasteiger charge is 2.10. The number of hydrogen-bond acceptors (Lipinski definition) is 4. The molecule has 23 heavy (non-hydrogen) atoms. The lowest BCUT2D eigenvalue weighted by Crippen LogP contribution is -2.32. The Balaban J connectivity index is 2.43. The Morgan fingerprint density at radius 3 is 2.61 bits per heavy atom. The first-order chi connectivity index (χ1) is 11.1. The first-order valence-electron chi connectivity index (χ1n) is 7.52. The lowest BCUT2D eigenvalue weighted by Gasteiger charge is -2.21. The Morgan fingerprint density at radius 2 is 1.96 bits per heavy atom. The molecule has 0 aliphatic rings. The van der Waals surface area contributed by atoms with E-state index in [1.165, 1.54) is 18.2 Å². The number of benzene rings is 1. The quantitative estimate of drug-likeness (QED) is 0.626.